The maximum Gasteiger partial charge on any atom is 0.404 e. The van der Waals surface area contributed by atoms with E-state index in [0.717, 1.165) is 16.2 Å². The van der Waals surface area contributed by atoms with Crippen molar-refractivity contribution in [2.75, 3.05) is 23.7 Å². The molecule has 1 aliphatic rings. The molecule has 0 aliphatic carbocycles. The van der Waals surface area contributed by atoms with E-state index in [1.165, 1.54) is 0 Å². The number of rotatable bonds is 4. The van der Waals surface area contributed by atoms with Crippen molar-refractivity contribution >= 4 is 37.6 Å². The van der Waals surface area contributed by atoms with Gasteiger partial charge in [-0.05, 0) is 18.9 Å². The van der Waals surface area contributed by atoms with Crippen LogP contribution in [-0.4, -0.2) is 59.6 Å². The summed E-state index contributed by atoms with van der Waals surface area (Å²) in [5.41, 5.74) is 0.577. The summed E-state index contributed by atoms with van der Waals surface area (Å²) >= 11 is 0. The second-order valence-corrected chi connectivity index (χ2v) is 8.52. The van der Waals surface area contributed by atoms with Crippen LogP contribution in [0.2, 0.25) is 0 Å². The number of fused-ring (bicyclic) bond motifs is 3. The number of aromatic amines is 1. The number of aromatic nitrogens is 4. The lowest BCUT2D eigenvalue weighted by Crippen LogP contribution is -2.49. The number of nitrogens with zero attached hydrogens (tertiary/aromatic N) is 4. The van der Waals surface area contributed by atoms with E-state index in [4.69, 9.17) is 0 Å². The van der Waals surface area contributed by atoms with Crippen LogP contribution < -0.4 is 9.62 Å². The molecule has 0 amide bonds. The Morgan fingerprint density at radius 3 is 2.89 bits per heavy atom. The van der Waals surface area contributed by atoms with Gasteiger partial charge in [0.05, 0.1) is 6.20 Å². The van der Waals surface area contributed by atoms with Crippen molar-refractivity contribution in [3.8, 4) is 0 Å². The van der Waals surface area contributed by atoms with Gasteiger partial charge in [0.2, 0.25) is 10.0 Å². The van der Waals surface area contributed by atoms with Gasteiger partial charge in [0, 0.05) is 47.7 Å². The summed E-state index contributed by atoms with van der Waals surface area (Å²) in [5, 5.41) is 9.52. The Morgan fingerprint density at radius 2 is 2.11 bits per heavy atom. The molecule has 1 aliphatic heterocycles. The Kier molecular flexibility index (Phi) is 4.62. The highest BCUT2D eigenvalue weighted by molar-refractivity contribution is 7.89. The highest BCUT2D eigenvalue weighted by Crippen LogP contribution is 2.31. The van der Waals surface area contributed by atoms with E-state index in [9.17, 15) is 21.6 Å². The van der Waals surface area contributed by atoms with Crippen molar-refractivity contribution < 1.29 is 21.6 Å². The van der Waals surface area contributed by atoms with Crippen LogP contribution in [-0.2, 0) is 10.0 Å². The fourth-order valence-electron chi connectivity index (χ4n) is 3.57. The molecule has 0 spiro atoms. The molecule has 0 radical (unpaired) electrons. The number of alkyl halides is 3. The Balaban J connectivity index is 1.63. The standard InChI is InChI=1S/C16H17F3N6O2S/c17-16(18,19)9-28(26,27)24-11-2-1-5-25(8-11)15-13-10(7-22-23-15)6-21-14-12(13)3-4-20-14/h3-4,6-7,11,23-24H,1-2,5,8-9H2. The number of H-pyrrole nitrogens is 1. The van der Waals surface area contributed by atoms with Crippen LogP contribution in [0.4, 0.5) is 19.0 Å². The molecule has 150 valence electrons. The van der Waals surface area contributed by atoms with E-state index in [2.05, 4.69) is 24.9 Å². The van der Waals surface area contributed by atoms with E-state index in [1.54, 1.807) is 18.6 Å². The molecule has 1 atom stereocenters. The normalized spacial score (nSPS) is 18.8. The molecule has 0 bridgehead atoms. The zero-order valence-electron chi connectivity index (χ0n) is 14.6. The second kappa shape index (κ2) is 6.85. The largest absolute Gasteiger partial charge is 0.404 e. The van der Waals surface area contributed by atoms with Crippen LogP contribution in [0.25, 0.3) is 21.8 Å². The van der Waals surface area contributed by atoms with Gasteiger partial charge in [0.15, 0.2) is 11.4 Å². The lowest BCUT2D eigenvalue weighted by molar-refractivity contribution is -0.106. The minimum Gasteiger partial charge on any atom is -0.355 e. The summed E-state index contributed by atoms with van der Waals surface area (Å²) < 4.78 is 63.3. The summed E-state index contributed by atoms with van der Waals surface area (Å²) in [7, 11) is -4.46. The SMILES string of the molecule is O=S(=O)(CC(F)(F)F)NC1CCCN(c2[nH]ncc3cnc4nccc4c23)C1. The lowest BCUT2D eigenvalue weighted by atomic mass is 10.1. The van der Waals surface area contributed by atoms with Gasteiger partial charge in [-0.3, -0.25) is 5.10 Å². The Hall–Kier alpha value is -2.47. The molecular formula is C16H17F3N6O2S. The molecule has 8 nitrogen and oxygen atoms in total. The summed E-state index contributed by atoms with van der Waals surface area (Å²) in [6, 6.07) is 1.20. The zero-order chi connectivity index (χ0) is 19.9. The van der Waals surface area contributed by atoms with E-state index >= 15 is 0 Å². The first kappa shape index (κ1) is 18.9. The molecule has 0 saturated carbocycles. The van der Waals surface area contributed by atoms with E-state index in [-0.39, 0.29) is 6.54 Å². The third-order valence-corrected chi connectivity index (χ3v) is 6.01. The predicted molar refractivity (Wildman–Crippen MR) is 97.4 cm³/mol. The van der Waals surface area contributed by atoms with E-state index in [1.807, 2.05) is 11.0 Å². The van der Waals surface area contributed by atoms with Crippen molar-refractivity contribution in [3.63, 3.8) is 0 Å². The zero-order valence-corrected chi connectivity index (χ0v) is 15.4. The predicted octanol–water partition coefficient (Wildman–Crippen LogP) is 1.96. The van der Waals surface area contributed by atoms with Gasteiger partial charge in [-0.1, -0.05) is 0 Å². The number of anilines is 1. The first-order chi connectivity index (χ1) is 13.2. The number of piperidine rings is 1. The number of hydrogen-bond donors (Lipinski definition) is 2. The molecule has 1 unspecified atom stereocenters. The van der Waals surface area contributed by atoms with Crippen LogP contribution in [0.1, 0.15) is 12.8 Å². The van der Waals surface area contributed by atoms with Crippen molar-refractivity contribution in [1.29, 1.82) is 0 Å². The quantitative estimate of drug-likeness (QED) is 0.676. The molecule has 3 aromatic heterocycles. The summed E-state index contributed by atoms with van der Waals surface area (Å²) in [5.74, 6) is -1.22. The molecule has 3 aromatic rings. The van der Waals surface area contributed by atoms with Crippen LogP contribution in [0.3, 0.4) is 0 Å². The minimum absolute atomic E-state index is 0.229. The van der Waals surface area contributed by atoms with Crippen LogP contribution in [0.15, 0.2) is 24.7 Å². The van der Waals surface area contributed by atoms with Crippen LogP contribution in [0, 0.1) is 0 Å². The molecule has 0 aromatic carbocycles. The lowest BCUT2D eigenvalue weighted by Gasteiger charge is -2.34. The first-order valence-electron chi connectivity index (χ1n) is 8.60. The number of hydrogen-bond acceptors (Lipinski definition) is 6. The highest BCUT2D eigenvalue weighted by Gasteiger charge is 2.37. The number of halogens is 3. The molecule has 2 N–H and O–H groups in total. The van der Waals surface area contributed by atoms with Crippen molar-refractivity contribution in [3.05, 3.63) is 24.7 Å². The van der Waals surface area contributed by atoms with Crippen molar-refractivity contribution in [2.24, 2.45) is 0 Å². The maximum atomic E-state index is 12.5. The Labute approximate surface area is 158 Å². The van der Waals surface area contributed by atoms with Gasteiger partial charge >= 0.3 is 6.18 Å². The minimum atomic E-state index is -4.78. The molecule has 28 heavy (non-hydrogen) atoms. The molecule has 4 heterocycles. The number of pyridine rings is 1. The van der Waals surface area contributed by atoms with Gasteiger partial charge in [-0.2, -0.15) is 18.3 Å². The van der Waals surface area contributed by atoms with E-state index < -0.39 is 28.0 Å². The highest BCUT2D eigenvalue weighted by atomic mass is 32.2. The summed E-state index contributed by atoms with van der Waals surface area (Å²) in [6.07, 6.45) is 1.23. The fourth-order valence-corrected chi connectivity index (χ4v) is 4.79. The monoisotopic (exact) mass is 414 g/mol. The molecule has 1 fully saturated rings. The average molecular weight is 414 g/mol. The molecular weight excluding hydrogens is 397 g/mol. The van der Waals surface area contributed by atoms with Gasteiger partial charge in [-0.25, -0.2) is 23.1 Å². The molecule has 1 saturated heterocycles. The smallest absolute Gasteiger partial charge is 0.355 e. The van der Waals surface area contributed by atoms with Crippen molar-refractivity contribution in [2.45, 2.75) is 25.1 Å². The number of sulfonamides is 1. The van der Waals surface area contributed by atoms with Crippen LogP contribution in [0.5, 0.6) is 0 Å². The maximum absolute atomic E-state index is 12.5. The molecule has 4 rings (SSSR count). The fraction of sp³-hybridized carbons (Fsp3) is 0.438. The average Bonchev–Trinajstić information content (AvgIpc) is 3.07. The van der Waals surface area contributed by atoms with Crippen LogP contribution >= 0.6 is 0 Å². The molecule has 12 heteroatoms. The first-order valence-corrected chi connectivity index (χ1v) is 10.3. The Morgan fingerprint density at radius 1 is 1.29 bits per heavy atom. The van der Waals surface area contributed by atoms with Gasteiger partial charge in [0.1, 0.15) is 5.82 Å². The topological polar surface area (TPSA) is 104 Å². The second-order valence-electron chi connectivity index (χ2n) is 6.77. The van der Waals surface area contributed by atoms with Gasteiger partial charge in [0.25, 0.3) is 0 Å². The van der Waals surface area contributed by atoms with Crippen molar-refractivity contribution in [1.82, 2.24) is 24.9 Å². The van der Waals surface area contributed by atoms with Gasteiger partial charge in [-0.15, -0.1) is 0 Å². The van der Waals surface area contributed by atoms with Gasteiger partial charge < -0.3 is 4.90 Å². The third kappa shape index (κ3) is 3.87. The summed E-state index contributed by atoms with van der Waals surface area (Å²) in [6.45, 7) is 0.846. The third-order valence-electron chi connectivity index (χ3n) is 4.61. The van der Waals surface area contributed by atoms with E-state index in [0.29, 0.717) is 30.9 Å². The Bertz CT molecular complexity index is 1110. The summed E-state index contributed by atoms with van der Waals surface area (Å²) in [4.78, 5) is 10.4. The number of nitrogens with one attached hydrogen (secondary N) is 2.